The zero-order valence-corrected chi connectivity index (χ0v) is 12.5. The fourth-order valence-electron chi connectivity index (χ4n) is 3.04. The van der Waals surface area contributed by atoms with Gasteiger partial charge in [-0.1, -0.05) is 47.9 Å². The van der Waals surface area contributed by atoms with Gasteiger partial charge in [0.15, 0.2) is 11.2 Å². The smallest absolute Gasteiger partial charge is 0.161 e. The van der Waals surface area contributed by atoms with Crippen LogP contribution in [0.2, 0.25) is 5.02 Å². The first-order valence-electron chi connectivity index (χ1n) is 9.59. The molecule has 5 rings (SSSR count). The number of furan rings is 1. The summed E-state index contributed by atoms with van der Waals surface area (Å²) in [6, 6.07) is 11.0. The van der Waals surface area contributed by atoms with Gasteiger partial charge in [0.2, 0.25) is 0 Å². The van der Waals surface area contributed by atoms with Crippen LogP contribution in [0, 0.1) is 0 Å². The Morgan fingerprint density at radius 1 is 0.870 bits per heavy atom. The van der Waals surface area contributed by atoms with Crippen molar-refractivity contribution in [2.45, 2.75) is 0 Å². The van der Waals surface area contributed by atoms with E-state index in [9.17, 15) is 0 Å². The molecule has 2 nitrogen and oxygen atoms in total. The standard InChI is InChI=1S/C20H12ClNO/c21-16-11-6-10-15-18-20(23-19(15)16)14-9-4-5-12-17(14)22(18)13-7-2-1-3-8-13/h1-12H/i1D,2D,3D,7D,8D. The van der Waals surface area contributed by atoms with Gasteiger partial charge in [0.1, 0.15) is 5.52 Å². The van der Waals surface area contributed by atoms with Crippen LogP contribution < -0.4 is 0 Å². The zero-order valence-electron chi connectivity index (χ0n) is 16.8. The Bertz CT molecular complexity index is 1410. The Labute approximate surface area is 144 Å². The van der Waals surface area contributed by atoms with Gasteiger partial charge >= 0.3 is 0 Å². The molecule has 3 heteroatoms. The molecule has 0 atom stereocenters. The minimum absolute atomic E-state index is 0.0832. The lowest BCUT2D eigenvalue weighted by Crippen LogP contribution is -1.92. The molecular formula is C20H12ClNO. The second-order valence-corrected chi connectivity index (χ2v) is 5.63. The second-order valence-electron chi connectivity index (χ2n) is 5.22. The third kappa shape index (κ3) is 1.70. The van der Waals surface area contributed by atoms with Crippen molar-refractivity contribution in [2.24, 2.45) is 0 Å². The van der Waals surface area contributed by atoms with Crippen LogP contribution in [-0.4, -0.2) is 4.57 Å². The molecule has 0 radical (unpaired) electrons. The number of nitrogens with zero attached hydrogens (tertiary/aromatic N) is 1. The van der Waals surface area contributed by atoms with Gasteiger partial charge in [0, 0.05) is 16.5 Å². The van der Waals surface area contributed by atoms with Crippen molar-refractivity contribution in [2.75, 3.05) is 0 Å². The maximum Gasteiger partial charge on any atom is 0.161 e. The van der Waals surface area contributed by atoms with Gasteiger partial charge in [-0.15, -0.1) is 0 Å². The molecule has 0 spiro atoms. The van der Waals surface area contributed by atoms with E-state index in [0.717, 1.165) is 5.39 Å². The van der Waals surface area contributed by atoms with E-state index in [1.165, 1.54) is 0 Å². The van der Waals surface area contributed by atoms with Gasteiger partial charge in [0.05, 0.1) is 17.4 Å². The molecule has 2 heterocycles. The van der Waals surface area contributed by atoms with E-state index in [1.807, 2.05) is 30.3 Å². The van der Waals surface area contributed by atoms with Crippen molar-refractivity contribution in [3.63, 3.8) is 0 Å². The Balaban J connectivity index is 2.09. The van der Waals surface area contributed by atoms with E-state index in [0.29, 0.717) is 32.6 Å². The Kier molecular flexibility index (Phi) is 1.78. The molecule has 5 aromatic rings. The van der Waals surface area contributed by atoms with Crippen molar-refractivity contribution < 1.29 is 11.3 Å². The van der Waals surface area contributed by atoms with Crippen LogP contribution in [0.4, 0.5) is 0 Å². The highest BCUT2D eigenvalue weighted by atomic mass is 35.5. The summed E-state index contributed by atoms with van der Waals surface area (Å²) in [7, 11) is 0. The number of halogens is 1. The average Bonchev–Trinajstić information content (AvgIpc) is 3.22. The van der Waals surface area contributed by atoms with E-state index in [4.69, 9.17) is 22.9 Å². The predicted octanol–water partition coefficient (Wildman–Crippen LogP) is 6.18. The van der Waals surface area contributed by atoms with Crippen LogP contribution >= 0.6 is 11.6 Å². The lowest BCUT2D eigenvalue weighted by molar-refractivity contribution is 0.673. The second kappa shape index (κ2) is 4.64. The SMILES string of the molecule is [2H]c1c([2H])c([2H])c(-n2c3ccccc3c3oc4c(Cl)cccc4c32)c([2H])c1[2H]. The number of rotatable bonds is 1. The summed E-state index contributed by atoms with van der Waals surface area (Å²) in [4.78, 5) is 0. The van der Waals surface area contributed by atoms with E-state index in [2.05, 4.69) is 0 Å². The molecule has 110 valence electrons. The van der Waals surface area contributed by atoms with Crippen LogP contribution in [-0.2, 0) is 0 Å². The highest BCUT2D eigenvalue weighted by molar-refractivity contribution is 6.36. The van der Waals surface area contributed by atoms with Crippen LogP contribution in [0.3, 0.4) is 0 Å². The first-order valence-corrected chi connectivity index (χ1v) is 7.47. The summed E-state index contributed by atoms with van der Waals surface area (Å²) in [5, 5.41) is 1.94. The highest BCUT2D eigenvalue weighted by Crippen LogP contribution is 2.40. The summed E-state index contributed by atoms with van der Waals surface area (Å²) >= 11 is 6.31. The van der Waals surface area contributed by atoms with Crippen LogP contribution in [0.25, 0.3) is 38.7 Å². The normalized spacial score (nSPS) is 14.7. The summed E-state index contributed by atoms with van der Waals surface area (Å²) in [6.07, 6.45) is 0. The van der Waals surface area contributed by atoms with Crippen molar-refractivity contribution in [3.05, 3.63) is 77.7 Å². The maximum atomic E-state index is 8.42. The number of fused-ring (bicyclic) bond motifs is 5. The fraction of sp³-hybridized carbons (Fsp3) is 0. The van der Waals surface area contributed by atoms with Gasteiger partial charge < -0.3 is 8.98 Å². The van der Waals surface area contributed by atoms with Crippen LogP contribution in [0.5, 0.6) is 0 Å². The molecule has 0 aliphatic heterocycles. The lowest BCUT2D eigenvalue weighted by atomic mass is 10.2. The van der Waals surface area contributed by atoms with E-state index < -0.39 is 6.04 Å². The van der Waals surface area contributed by atoms with Gasteiger partial charge in [-0.25, -0.2) is 0 Å². The largest absolute Gasteiger partial charge is 0.452 e. The molecule has 0 saturated heterocycles. The lowest BCUT2D eigenvalue weighted by Gasteiger charge is -2.06. The Hall–Kier alpha value is -2.71. The van der Waals surface area contributed by atoms with Gasteiger partial charge in [0.25, 0.3) is 0 Å². The highest BCUT2D eigenvalue weighted by Gasteiger charge is 2.19. The quantitative estimate of drug-likeness (QED) is 0.360. The molecular weight excluding hydrogens is 306 g/mol. The molecule has 0 amide bonds. The van der Waals surface area contributed by atoms with E-state index >= 15 is 0 Å². The monoisotopic (exact) mass is 322 g/mol. The minimum atomic E-state index is -0.424. The summed E-state index contributed by atoms with van der Waals surface area (Å²) in [5.74, 6) is 0. The summed E-state index contributed by atoms with van der Waals surface area (Å²) < 4.78 is 48.5. The molecule has 0 N–H and O–H groups in total. The number of para-hydroxylation sites is 3. The van der Waals surface area contributed by atoms with Crippen molar-refractivity contribution >= 4 is 44.6 Å². The van der Waals surface area contributed by atoms with Gasteiger partial charge in [-0.05, 0) is 36.4 Å². The fourth-order valence-corrected chi connectivity index (χ4v) is 3.26. The summed E-state index contributed by atoms with van der Waals surface area (Å²) in [5.41, 5.74) is 2.46. The predicted molar refractivity (Wildman–Crippen MR) is 95.6 cm³/mol. The first kappa shape index (κ1) is 8.80. The maximum absolute atomic E-state index is 8.42. The number of aromatic nitrogens is 1. The number of benzene rings is 3. The molecule has 0 aliphatic carbocycles. The van der Waals surface area contributed by atoms with Crippen LogP contribution in [0.1, 0.15) is 6.85 Å². The molecule has 2 aromatic heterocycles. The Morgan fingerprint density at radius 2 is 1.65 bits per heavy atom. The van der Waals surface area contributed by atoms with Crippen molar-refractivity contribution in [3.8, 4) is 5.69 Å². The third-order valence-electron chi connectivity index (χ3n) is 3.96. The molecule has 23 heavy (non-hydrogen) atoms. The topological polar surface area (TPSA) is 18.1 Å². The molecule has 0 saturated carbocycles. The molecule has 0 bridgehead atoms. The number of hydrogen-bond acceptors (Lipinski definition) is 1. The zero-order chi connectivity index (χ0) is 19.7. The molecule has 3 aromatic carbocycles. The molecule has 0 unspecified atom stereocenters. The molecule has 0 fully saturated rings. The molecule has 0 aliphatic rings. The number of hydrogen-bond donors (Lipinski definition) is 0. The van der Waals surface area contributed by atoms with E-state index in [1.54, 1.807) is 16.7 Å². The minimum Gasteiger partial charge on any atom is -0.452 e. The third-order valence-corrected chi connectivity index (χ3v) is 4.26. The summed E-state index contributed by atoms with van der Waals surface area (Å²) in [6.45, 7) is 0. The van der Waals surface area contributed by atoms with Gasteiger partial charge in [-0.2, -0.15) is 0 Å². The first-order chi connectivity index (χ1) is 13.4. The Morgan fingerprint density at radius 3 is 2.52 bits per heavy atom. The van der Waals surface area contributed by atoms with Gasteiger partial charge in [-0.3, -0.25) is 0 Å². The van der Waals surface area contributed by atoms with E-state index in [-0.39, 0.29) is 29.9 Å². The van der Waals surface area contributed by atoms with Crippen molar-refractivity contribution in [1.82, 2.24) is 4.57 Å². The van der Waals surface area contributed by atoms with Crippen LogP contribution in [0.15, 0.2) is 77.1 Å². The van der Waals surface area contributed by atoms with Crippen molar-refractivity contribution in [1.29, 1.82) is 0 Å². The average molecular weight is 323 g/mol.